The molecule has 1 unspecified atom stereocenters. The first-order valence-corrected chi connectivity index (χ1v) is 14.3. The van der Waals surface area contributed by atoms with Crippen LogP contribution in [0.5, 0.6) is 0 Å². The molecule has 1 nitrogen and oxygen atoms in total. The summed E-state index contributed by atoms with van der Waals surface area (Å²) in [5.41, 5.74) is 6.21. The van der Waals surface area contributed by atoms with Crippen LogP contribution in [0.2, 0.25) is 0 Å². The normalized spacial score (nSPS) is 39.4. The third kappa shape index (κ3) is 3.59. The molecule has 32 heavy (non-hydrogen) atoms. The first-order valence-electron chi connectivity index (χ1n) is 14.3. The SMILES string of the molecule is CCC1(CC)C2CCC3=C(CC[C@@]4(C)C3=CC[C@@H]4[C@H](C)CCCC(C)C)[C@@]2(C)CC[C@@H]1O. The summed E-state index contributed by atoms with van der Waals surface area (Å²) < 4.78 is 0. The third-order valence-corrected chi connectivity index (χ3v) is 11.5. The van der Waals surface area contributed by atoms with Gasteiger partial charge in [-0.25, -0.2) is 0 Å². The van der Waals surface area contributed by atoms with Gasteiger partial charge in [0.15, 0.2) is 0 Å². The molecule has 4 aliphatic rings. The van der Waals surface area contributed by atoms with Crippen LogP contribution in [0.15, 0.2) is 22.8 Å². The van der Waals surface area contributed by atoms with E-state index in [1.54, 1.807) is 11.1 Å². The minimum atomic E-state index is -0.103. The summed E-state index contributed by atoms with van der Waals surface area (Å²) in [4.78, 5) is 0. The molecule has 1 saturated carbocycles. The molecule has 1 fully saturated rings. The molecule has 0 spiro atoms. The zero-order chi connectivity index (χ0) is 23.3. The molecule has 0 aromatic rings. The Morgan fingerprint density at radius 3 is 2.34 bits per heavy atom. The number of rotatable bonds is 7. The Morgan fingerprint density at radius 2 is 1.69 bits per heavy atom. The van der Waals surface area contributed by atoms with Crippen LogP contribution >= 0.6 is 0 Å². The van der Waals surface area contributed by atoms with E-state index in [1.165, 1.54) is 57.8 Å². The Hall–Kier alpha value is -0.560. The molecule has 0 aromatic carbocycles. The minimum absolute atomic E-state index is 0.103. The van der Waals surface area contributed by atoms with Crippen LogP contribution < -0.4 is 0 Å². The van der Waals surface area contributed by atoms with Crippen molar-refractivity contribution in [1.29, 1.82) is 0 Å². The maximum Gasteiger partial charge on any atom is 0.0599 e. The second kappa shape index (κ2) is 8.90. The molecule has 1 heteroatoms. The zero-order valence-electron chi connectivity index (χ0n) is 22.4. The van der Waals surface area contributed by atoms with Crippen molar-refractivity contribution in [2.45, 2.75) is 132 Å². The molecule has 6 atom stereocenters. The number of aliphatic hydroxyl groups is 1. The fourth-order valence-corrected chi connectivity index (χ4v) is 9.48. The second-order valence-electron chi connectivity index (χ2n) is 13.1. The molecule has 4 aliphatic carbocycles. The lowest BCUT2D eigenvalue weighted by Crippen LogP contribution is -2.55. The standard InChI is InChI=1S/C31H52O/c1-8-31(9-2)27-16-13-23-25-15-14-24(22(5)12-10-11-21(3)4)29(25,6)19-17-26(23)30(27,7)20-18-28(31)32/h15,21-22,24,27-28,32H,8-14,16-20H2,1-7H3/t22-,24-,27?,28+,29-,30-/m1/s1. The van der Waals surface area contributed by atoms with Crippen LogP contribution in [0.1, 0.15) is 126 Å². The Bertz CT molecular complexity index is 752. The van der Waals surface area contributed by atoms with Crippen molar-refractivity contribution in [2.75, 3.05) is 0 Å². The van der Waals surface area contributed by atoms with Gasteiger partial charge >= 0.3 is 0 Å². The highest BCUT2D eigenvalue weighted by molar-refractivity contribution is 5.50. The first-order chi connectivity index (χ1) is 15.1. The van der Waals surface area contributed by atoms with Crippen molar-refractivity contribution in [1.82, 2.24) is 0 Å². The Kier molecular flexibility index (Phi) is 6.83. The number of aliphatic hydroxyl groups excluding tert-OH is 1. The number of fused-ring (bicyclic) bond motifs is 4. The summed E-state index contributed by atoms with van der Waals surface area (Å²) in [6, 6.07) is 0. The quantitative estimate of drug-likeness (QED) is 0.419. The van der Waals surface area contributed by atoms with Gasteiger partial charge in [-0.2, -0.15) is 0 Å². The van der Waals surface area contributed by atoms with E-state index in [2.05, 4.69) is 54.5 Å². The maximum absolute atomic E-state index is 11.1. The van der Waals surface area contributed by atoms with Gasteiger partial charge in [-0.1, -0.05) is 79.4 Å². The Balaban J connectivity index is 1.60. The predicted octanol–water partition coefficient (Wildman–Crippen LogP) is 8.87. The van der Waals surface area contributed by atoms with E-state index in [-0.39, 0.29) is 11.5 Å². The number of hydrogen-bond donors (Lipinski definition) is 1. The van der Waals surface area contributed by atoms with Gasteiger partial charge in [0.25, 0.3) is 0 Å². The maximum atomic E-state index is 11.1. The topological polar surface area (TPSA) is 20.2 Å². The van der Waals surface area contributed by atoms with E-state index in [4.69, 9.17) is 0 Å². The highest BCUT2D eigenvalue weighted by Crippen LogP contribution is 2.67. The van der Waals surface area contributed by atoms with E-state index in [1.807, 2.05) is 5.57 Å². The molecular weight excluding hydrogens is 388 g/mol. The van der Waals surface area contributed by atoms with Gasteiger partial charge in [0, 0.05) is 0 Å². The molecular formula is C31H52O. The van der Waals surface area contributed by atoms with Crippen molar-refractivity contribution in [3.05, 3.63) is 22.8 Å². The van der Waals surface area contributed by atoms with Crippen molar-refractivity contribution in [3.8, 4) is 0 Å². The lowest BCUT2D eigenvalue weighted by molar-refractivity contribution is -0.116. The average molecular weight is 441 g/mol. The molecule has 0 aliphatic heterocycles. The van der Waals surface area contributed by atoms with Crippen LogP contribution in [-0.4, -0.2) is 11.2 Å². The molecule has 0 saturated heterocycles. The van der Waals surface area contributed by atoms with Gasteiger partial charge in [-0.05, 0) is 109 Å². The van der Waals surface area contributed by atoms with Crippen molar-refractivity contribution in [2.24, 2.45) is 39.9 Å². The first kappa shape index (κ1) is 24.6. The van der Waals surface area contributed by atoms with Crippen molar-refractivity contribution < 1.29 is 5.11 Å². The van der Waals surface area contributed by atoms with E-state index >= 15 is 0 Å². The summed E-state index contributed by atoms with van der Waals surface area (Å²) in [5.74, 6) is 3.16. The smallest absolute Gasteiger partial charge is 0.0599 e. The third-order valence-electron chi connectivity index (χ3n) is 11.5. The molecule has 0 heterocycles. The Morgan fingerprint density at radius 1 is 0.969 bits per heavy atom. The van der Waals surface area contributed by atoms with Crippen molar-refractivity contribution in [3.63, 3.8) is 0 Å². The minimum Gasteiger partial charge on any atom is -0.393 e. The monoisotopic (exact) mass is 440 g/mol. The molecule has 0 aromatic heterocycles. The van der Waals surface area contributed by atoms with Gasteiger partial charge in [0.05, 0.1) is 6.10 Å². The summed E-state index contributed by atoms with van der Waals surface area (Å²) in [6.07, 6.45) is 17.7. The van der Waals surface area contributed by atoms with E-state index in [0.717, 1.165) is 37.0 Å². The molecule has 0 amide bonds. The summed E-state index contributed by atoms with van der Waals surface area (Å²) in [6.45, 7) is 17.2. The lowest BCUT2D eigenvalue weighted by Gasteiger charge is -2.61. The molecule has 182 valence electrons. The highest BCUT2D eigenvalue weighted by Gasteiger charge is 2.59. The average Bonchev–Trinajstić information content (AvgIpc) is 3.11. The summed E-state index contributed by atoms with van der Waals surface area (Å²) in [7, 11) is 0. The van der Waals surface area contributed by atoms with Gasteiger partial charge in [0.2, 0.25) is 0 Å². The van der Waals surface area contributed by atoms with Gasteiger partial charge < -0.3 is 5.11 Å². The lowest BCUT2D eigenvalue weighted by atomic mass is 9.44. The van der Waals surface area contributed by atoms with E-state index < -0.39 is 0 Å². The Labute approximate surface area is 199 Å². The second-order valence-corrected chi connectivity index (χ2v) is 13.1. The number of allylic oxidation sites excluding steroid dienone is 4. The molecule has 0 bridgehead atoms. The summed E-state index contributed by atoms with van der Waals surface area (Å²) in [5, 5.41) is 11.1. The van der Waals surface area contributed by atoms with Gasteiger partial charge in [-0.15, -0.1) is 0 Å². The van der Waals surface area contributed by atoms with Crippen LogP contribution in [0, 0.1) is 39.9 Å². The fourth-order valence-electron chi connectivity index (χ4n) is 9.48. The van der Waals surface area contributed by atoms with Crippen LogP contribution in [-0.2, 0) is 0 Å². The van der Waals surface area contributed by atoms with Gasteiger partial charge in [-0.3, -0.25) is 0 Å². The van der Waals surface area contributed by atoms with Crippen LogP contribution in [0.3, 0.4) is 0 Å². The number of hydrogen-bond acceptors (Lipinski definition) is 1. The molecule has 0 radical (unpaired) electrons. The van der Waals surface area contributed by atoms with Crippen molar-refractivity contribution >= 4 is 0 Å². The van der Waals surface area contributed by atoms with Crippen LogP contribution in [0.4, 0.5) is 0 Å². The predicted molar refractivity (Wildman–Crippen MR) is 137 cm³/mol. The largest absolute Gasteiger partial charge is 0.393 e. The highest BCUT2D eigenvalue weighted by atomic mass is 16.3. The van der Waals surface area contributed by atoms with Gasteiger partial charge in [0.1, 0.15) is 0 Å². The van der Waals surface area contributed by atoms with E-state index in [0.29, 0.717) is 16.7 Å². The fraction of sp³-hybridized carbons (Fsp3) is 0.871. The van der Waals surface area contributed by atoms with Crippen LogP contribution in [0.25, 0.3) is 0 Å². The zero-order valence-corrected chi connectivity index (χ0v) is 22.4. The molecule has 4 rings (SSSR count). The summed E-state index contributed by atoms with van der Waals surface area (Å²) >= 11 is 0. The molecule has 1 N–H and O–H groups in total. The van der Waals surface area contributed by atoms with E-state index in [9.17, 15) is 5.11 Å².